The highest BCUT2D eigenvalue weighted by molar-refractivity contribution is 6.34. The molecule has 146 valence electrons. The Labute approximate surface area is 158 Å². The van der Waals surface area contributed by atoms with E-state index in [9.17, 15) is 9.59 Å². The minimum absolute atomic E-state index is 0.100. The highest BCUT2D eigenvalue weighted by Crippen LogP contribution is 2.28. The number of aliphatic hydroxyl groups is 1. The van der Waals surface area contributed by atoms with E-state index in [0.29, 0.717) is 23.5 Å². The zero-order chi connectivity index (χ0) is 19.2. The van der Waals surface area contributed by atoms with Gasteiger partial charge in [0.15, 0.2) is 0 Å². The van der Waals surface area contributed by atoms with Crippen molar-refractivity contribution in [3.05, 3.63) is 35.5 Å². The summed E-state index contributed by atoms with van der Waals surface area (Å²) in [5.41, 5.74) is 1.04. The number of aliphatic hydroxyl groups excluding tert-OH is 1. The molecule has 0 spiro atoms. The van der Waals surface area contributed by atoms with Crippen LogP contribution < -0.4 is 15.4 Å². The van der Waals surface area contributed by atoms with Crippen LogP contribution in [0.1, 0.15) is 10.4 Å². The van der Waals surface area contributed by atoms with Gasteiger partial charge >= 0.3 is 0 Å². The summed E-state index contributed by atoms with van der Waals surface area (Å²) < 4.78 is 5.16. The molecule has 1 fully saturated rings. The summed E-state index contributed by atoms with van der Waals surface area (Å²) in [5.74, 6) is -0.133. The average Bonchev–Trinajstić information content (AvgIpc) is 2.68. The SMILES string of the molecule is COc1ccc2c(c1)C(=O)C(=CNCCN1CCN(CCO)CC1)C(=O)N2. The van der Waals surface area contributed by atoms with Crippen molar-refractivity contribution in [2.75, 3.05) is 64.8 Å². The van der Waals surface area contributed by atoms with Gasteiger partial charge in [-0.2, -0.15) is 0 Å². The number of carbonyl (C=O) groups excluding carboxylic acids is 2. The van der Waals surface area contributed by atoms with Gasteiger partial charge in [0.2, 0.25) is 5.78 Å². The predicted molar refractivity (Wildman–Crippen MR) is 102 cm³/mol. The second-order valence-electron chi connectivity index (χ2n) is 6.61. The number of hydrogen-bond acceptors (Lipinski definition) is 7. The number of Topliss-reactive ketones (excluding diaryl/α,β-unsaturated/α-hetero) is 1. The number of hydrogen-bond donors (Lipinski definition) is 3. The average molecular weight is 374 g/mol. The van der Waals surface area contributed by atoms with Gasteiger partial charge in [-0.15, -0.1) is 0 Å². The molecule has 27 heavy (non-hydrogen) atoms. The van der Waals surface area contributed by atoms with Crippen molar-refractivity contribution in [3.8, 4) is 5.75 Å². The third-order valence-electron chi connectivity index (χ3n) is 4.91. The Kier molecular flexibility index (Phi) is 6.44. The Morgan fingerprint density at radius 2 is 1.89 bits per heavy atom. The lowest BCUT2D eigenvalue weighted by Crippen LogP contribution is -2.48. The predicted octanol–water partition coefficient (Wildman–Crippen LogP) is -0.0866. The van der Waals surface area contributed by atoms with Crippen molar-refractivity contribution in [1.29, 1.82) is 0 Å². The topological polar surface area (TPSA) is 94.1 Å². The molecule has 0 saturated carbocycles. The number of β-amino-alcohol motifs (C(OH)–C–C–N with tert-alkyl or cyclic N) is 1. The number of ketones is 1. The Hall–Kier alpha value is -2.42. The van der Waals surface area contributed by atoms with Crippen LogP contribution in [0, 0.1) is 0 Å². The molecule has 2 heterocycles. The smallest absolute Gasteiger partial charge is 0.261 e. The Bertz CT molecular complexity index is 726. The zero-order valence-electron chi connectivity index (χ0n) is 15.5. The highest BCUT2D eigenvalue weighted by Gasteiger charge is 2.28. The molecule has 1 saturated heterocycles. The van der Waals surface area contributed by atoms with Crippen molar-refractivity contribution in [2.24, 2.45) is 0 Å². The van der Waals surface area contributed by atoms with Gasteiger partial charge in [0, 0.05) is 52.0 Å². The van der Waals surface area contributed by atoms with Crippen LogP contribution in [0.5, 0.6) is 5.75 Å². The van der Waals surface area contributed by atoms with E-state index < -0.39 is 5.91 Å². The number of piperazine rings is 1. The van der Waals surface area contributed by atoms with E-state index in [4.69, 9.17) is 9.84 Å². The van der Waals surface area contributed by atoms with E-state index in [2.05, 4.69) is 20.4 Å². The molecule has 1 aromatic rings. The molecule has 8 nitrogen and oxygen atoms in total. The van der Waals surface area contributed by atoms with Crippen LogP contribution in [-0.2, 0) is 4.79 Å². The molecule has 3 N–H and O–H groups in total. The third-order valence-corrected chi connectivity index (χ3v) is 4.91. The van der Waals surface area contributed by atoms with Gasteiger partial charge in [-0.3, -0.25) is 19.4 Å². The van der Waals surface area contributed by atoms with E-state index >= 15 is 0 Å². The normalized spacial score (nSPS) is 19.7. The lowest BCUT2D eigenvalue weighted by molar-refractivity contribution is -0.112. The maximum atomic E-state index is 12.6. The maximum absolute atomic E-state index is 12.6. The minimum Gasteiger partial charge on any atom is -0.497 e. The molecule has 0 bridgehead atoms. The van der Waals surface area contributed by atoms with Crippen LogP contribution in [0.2, 0.25) is 0 Å². The number of anilines is 1. The van der Waals surface area contributed by atoms with Crippen LogP contribution in [0.25, 0.3) is 0 Å². The van der Waals surface area contributed by atoms with E-state index in [1.807, 2.05) is 0 Å². The summed E-state index contributed by atoms with van der Waals surface area (Å²) in [7, 11) is 1.54. The Balaban J connectivity index is 1.53. The van der Waals surface area contributed by atoms with Crippen molar-refractivity contribution < 1.29 is 19.4 Å². The molecule has 1 aromatic carbocycles. The number of amides is 1. The highest BCUT2D eigenvalue weighted by atomic mass is 16.5. The fourth-order valence-electron chi connectivity index (χ4n) is 3.29. The van der Waals surface area contributed by atoms with Gasteiger partial charge in [0.25, 0.3) is 5.91 Å². The number of methoxy groups -OCH3 is 1. The number of rotatable bonds is 7. The number of carbonyl (C=O) groups is 2. The number of ether oxygens (including phenoxy) is 1. The van der Waals surface area contributed by atoms with Gasteiger partial charge < -0.3 is 20.5 Å². The summed E-state index contributed by atoms with van der Waals surface area (Å²) in [5, 5.41) is 14.8. The Morgan fingerprint density at radius 3 is 2.56 bits per heavy atom. The minimum atomic E-state index is -0.400. The fourth-order valence-corrected chi connectivity index (χ4v) is 3.29. The Morgan fingerprint density at radius 1 is 1.19 bits per heavy atom. The van der Waals surface area contributed by atoms with Crippen molar-refractivity contribution in [3.63, 3.8) is 0 Å². The molecule has 0 unspecified atom stereocenters. The first-order valence-corrected chi connectivity index (χ1v) is 9.15. The molecule has 0 atom stereocenters. The van der Waals surface area contributed by atoms with E-state index in [0.717, 1.165) is 39.3 Å². The van der Waals surface area contributed by atoms with Crippen LogP contribution in [0.4, 0.5) is 5.69 Å². The van der Waals surface area contributed by atoms with Crippen LogP contribution in [-0.4, -0.2) is 86.1 Å². The summed E-state index contributed by atoms with van der Waals surface area (Å²) >= 11 is 0. The van der Waals surface area contributed by atoms with E-state index in [1.54, 1.807) is 18.2 Å². The molecule has 0 aromatic heterocycles. The summed E-state index contributed by atoms with van der Waals surface area (Å²) in [6, 6.07) is 5.01. The molecule has 3 rings (SSSR count). The number of fused-ring (bicyclic) bond motifs is 1. The summed E-state index contributed by atoms with van der Waals surface area (Å²) in [6.07, 6.45) is 1.50. The van der Waals surface area contributed by atoms with Crippen molar-refractivity contribution in [2.45, 2.75) is 0 Å². The fraction of sp³-hybridized carbons (Fsp3) is 0.474. The van der Waals surface area contributed by atoms with Gasteiger partial charge in [0.1, 0.15) is 11.3 Å². The first-order valence-electron chi connectivity index (χ1n) is 9.15. The standard InChI is InChI=1S/C19H26N4O4/c1-27-14-2-3-17-15(12-14)18(25)16(19(26)21-17)13-20-4-5-22-6-8-23(9-7-22)10-11-24/h2-3,12-13,20,24H,4-11H2,1H3,(H,21,26). The van der Waals surface area contributed by atoms with Gasteiger partial charge in [-0.25, -0.2) is 0 Å². The zero-order valence-corrected chi connectivity index (χ0v) is 15.5. The first-order chi connectivity index (χ1) is 13.1. The molecular weight excluding hydrogens is 348 g/mol. The van der Waals surface area contributed by atoms with Crippen LogP contribution in [0.3, 0.4) is 0 Å². The molecule has 2 aliphatic rings. The molecule has 0 radical (unpaired) electrons. The van der Waals surface area contributed by atoms with Crippen molar-refractivity contribution in [1.82, 2.24) is 15.1 Å². The number of nitrogens with zero attached hydrogens (tertiary/aromatic N) is 2. The van der Waals surface area contributed by atoms with Crippen LogP contribution in [0.15, 0.2) is 30.0 Å². The summed E-state index contributed by atoms with van der Waals surface area (Å²) in [6.45, 7) is 6.19. The van der Waals surface area contributed by atoms with E-state index in [-0.39, 0.29) is 18.0 Å². The number of nitrogens with one attached hydrogen (secondary N) is 2. The number of benzene rings is 1. The van der Waals surface area contributed by atoms with E-state index in [1.165, 1.54) is 13.3 Å². The lowest BCUT2D eigenvalue weighted by Gasteiger charge is -2.34. The van der Waals surface area contributed by atoms with Crippen LogP contribution >= 0.6 is 0 Å². The van der Waals surface area contributed by atoms with Gasteiger partial charge in [0.05, 0.1) is 25.0 Å². The maximum Gasteiger partial charge on any atom is 0.261 e. The monoisotopic (exact) mass is 374 g/mol. The largest absolute Gasteiger partial charge is 0.497 e. The first kappa shape index (κ1) is 19.3. The molecule has 2 aliphatic heterocycles. The molecular formula is C19H26N4O4. The quantitative estimate of drug-likeness (QED) is 0.349. The second-order valence-corrected chi connectivity index (χ2v) is 6.61. The third kappa shape index (κ3) is 4.65. The van der Waals surface area contributed by atoms with Gasteiger partial charge in [-0.1, -0.05) is 0 Å². The van der Waals surface area contributed by atoms with Crippen molar-refractivity contribution >= 4 is 17.4 Å². The lowest BCUT2D eigenvalue weighted by atomic mass is 9.97. The summed E-state index contributed by atoms with van der Waals surface area (Å²) in [4.78, 5) is 29.4. The molecule has 1 amide bonds. The van der Waals surface area contributed by atoms with Gasteiger partial charge in [-0.05, 0) is 18.2 Å². The second kappa shape index (κ2) is 8.98. The molecule has 8 heteroatoms. The molecule has 0 aliphatic carbocycles.